The lowest BCUT2D eigenvalue weighted by atomic mass is 10.2. The Hall–Kier alpha value is -1.03. The van der Waals surface area contributed by atoms with Crippen molar-refractivity contribution in [2.75, 3.05) is 5.32 Å². The fourth-order valence-corrected chi connectivity index (χ4v) is 2.11. The molecule has 0 aromatic heterocycles. The van der Waals surface area contributed by atoms with Gasteiger partial charge in [-0.2, -0.15) is 0 Å². The van der Waals surface area contributed by atoms with E-state index in [-0.39, 0.29) is 5.91 Å². The van der Waals surface area contributed by atoms with Gasteiger partial charge in [0, 0.05) is 15.7 Å². The first-order valence-corrected chi connectivity index (χ1v) is 7.05. The normalized spacial score (nSPS) is 10.3. The van der Waals surface area contributed by atoms with E-state index in [0.29, 0.717) is 15.6 Å². The maximum Gasteiger partial charge on any atom is 0.255 e. The number of hydrogen-bond donors (Lipinski definition) is 1. The van der Waals surface area contributed by atoms with Gasteiger partial charge in [-0.1, -0.05) is 39.1 Å². The lowest BCUT2D eigenvalue weighted by molar-refractivity contribution is 0.102. The third kappa shape index (κ3) is 3.50. The summed E-state index contributed by atoms with van der Waals surface area (Å²) in [6.45, 7) is 1.96. The van der Waals surface area contributed by atoms with Crippen molar-refractivity contribution in [3.05, 3.63) is 62.0 Å². The number of carbonyl (C=O) groups is 1. The Morgan fingerprint density at radius 2 is 1.84 bits per heavy atom. The number of hydrogen-bond acceptors (Lipinski definition) is 1. The van der Waals surface area contributed by atoms with Crippen molar-refractivity contribution < 1.29 is 4.79 Å². The molecule has 1 N–H and O–H groups in total. The number of aryl methyl sites for hydroxylation is 1. The van der Waals surface area contributed by atoms with Crippen molar-refractivity contribution in [1.82, 2.24) is 0 Å². The van der Waals surface area contributed by atoms with Gasteiger partial charge in [-0.25, -0.2) is 0 Å². The first-order valence-electron chi connectivity index (χ1n) is 5.50. The summed E-state index contributed by atoms with van der Waals surface area (Å²) in [5, 5.41) is 3.60. The largest absolute Gasteiger partial charge is 0.322 e. The molecule has 2 aromatic rings. The minimum atomic E-state index is -0.222. The average Bonchev–Trinajstić information content (AvgIpc) is 2.37. The highest BCUT2D eigenvalue weighted by Crippen LogP contribution is 2.24. The summed E-state index contributed by atoms with van der Waals surface area (Å²) in [7, 11) is 0. The molecule has 0 aliphatic rings. The number of anilines is 1. The molecule has 2 nitrogen and oxygen atoms in total. The summed E-state index contributed by atoms with van der Waals surface area (Å²) >= 11 is 15.1. The Kier molecular flexibility index (Phi) is 4.50. The second-order valence-electron chi connectivity index (χ2n) is 4.05. The molecule has 5 heteroatoms. The Morgan fingerprint density at radius 3 is 2.47 bits per heavy atom. The van der Waals surface area contributed by atoms with Crippen molar-refractivity contribution in [3.63, 3.8) is 0 Å². The third-order valence-electron chi connectivity index (χ3n) is 2.60. The van der Waals surface area contributed by atoms with Crippen LogP contribution in [0.3, 0.4) is 0 Å². The van der Waals surface area contributed by atoms with Crippen molar-refractivity contribution in [2.45, 2.75) is 6.92 Å². The zero-order chi connectivity index (χ0) is 14.0. The van der Waals surface area contributed by atoms with Crippen molar-refractivity contribution in [2.24, 2.45) is 0 Å². The van der Waals surface area contributed by atoms with Crippen LogP contribution in [0.15, 0.2) is 40.9 Å². The lowest BCUT2D eigenvalue weighted by Gasteiger charge is -2.07. The highest BCUT2D eigenvalue weighted by atomic mass is 79.9. The predicted octanol–water partition coefficient (Wildman–Crippen LogP) is 5.32. The van der Waals surface area contributed by atoms with Gasteiger partial charge < -0.3 is 5.32 Å². The number of nitrogens with one attached hydrogen (secondary N) is 1. The molecule has 1 amide bonds. The van der Waals surface area contributed by atoms with Crippen LogP contribution in [0.2, 0.25) is 10.0 Å². The molecule has 0 fully saturated rings. The highest BCUT2D eigenvalue weighted by molar-refractivity contribution is 9.10. The van der Waals surface area contributed by atoms with Gasteiger partial charge in [-0.05, 0) is 48.9 Å². The van der Waals surface area contributed by atoms with E-state index in [1.54, 1.807) is 18.2 Å². The molecule has 0 aliphatic carbocycles. The number of amides is 1. The van der Waals surface area contributed by atoms with Crippen LogP contribution in [-0.2, 0) is 0 Å². The van der Waals surface area contributed by atoms with Crippen LogP contribution in [0.5, 0.6) is 0 Å². The van der Waals surface area contributed by atoms with Gasteiger partial charge in [0.25, 0.3) is 5.91 Å². The Bertz CT molecular complexity index is 643. The van der Waals surface area contributed by atoms with E-state index in [2.05, 4.69) is 21.2 Å². The Morgan fingerprint density at radius 1 is 1.11 bits per heavy atom. The Labute approximate surface area is 129 Å². The van der Waals surface area contributed by atoms with Crippen LogP contribution in [0.4, 0.5) is 5.69 Å². The van der Waals surface area contributed by atoms with Crippen LogP contribution in [0, 0.1) is 6.92 Å². The topological polar surface area (TPSA) is 29.1 Å². The Balaban J connectivity index is 2.20. The monoisotopic (exact) mass is 357 g/mol. The highest BCUT2D eigenvalue weighted by Gasteiger charge is 2.09. The molecular formula is C14H10BrCl2NO. The maximum absolute atomic E-state index is 12.0. The third-order valence-corrected chi connectivity index (χ3v) is 4.23. The van der Waals surface area contributed by atoms with Gasteiger partial charge in [0.1, 0.15) is 0 Å². The zero-order valence-electron chi connectivity index (χ0n) is 10.0. The maximum atomic E-state index is 12.0. The number of halogens is 3. The van der Waals surface area contributed by atoms with Gasteiger partial charge in [0.05, 0.1) is 10.0 Å². The molecule has 98 valence electrons. The van der Waals surface area contributed by atoms with Gasteiger partial charge in [-0.15, -0.1) is 0 Å². The molecule has 2 aromatic carbocycles. The van der Waals surface area contributed by atoms with Gasteiger partial charge in [-0.3, -0.25) is 4.79 Å². The second-order valence-corrected chi connectivity index (χ2v) is 5.72. The summed E-state index contributed by atoms with van der Waals surface area (Å²) < 4.78 is 1.00. The minimum absolute atomic E-state index is 0.222. The smallest absolute Gasteiger partial charge is 0.255 e. The van der Waals surface area contributed by atoms with E-state index in [1.165, 1.54) is 0 Å². The zero-order valence-corrected chi connectivity index (χ0v) is 13.1. The molecule has 2 rings (SSSR count). The molecule has 0 atom stereocenters. The first-order chi connectivity index (χ1) is 8.97. The van der Waals surface area contributed by atoms with Gasteiger partial charge >= 0.3 is 0 Å². The van der Waals surface area contributed by atoms with Crippen molar-refractivity contribution in [1.29, 1.82) is 0 Å². The van der Waals surface area contributed by atoms with Crippen LogP contribution < -0.4 is 5.32 Å². The molecule has 0 heterocycles. The number of benzene rings is 2. The summed E-state index contributed by atoms with van der Waals surface area (Å²) in [4.78, 5) is 12.0. The van der Waals surface area contributed by atoms with E-state index >= 15 is 0 Å². The average molecular weight is 359 g/mol. The van der Waals surface area contributed by atoms with Crippen LogP contribution in [-0.4, -0.2) is 5.91 Å². The number of rotatable bonds is 2. The molecule has 0 bridgehead atoms. The van der Waals surface area contributed by atoms with Crippen molar-refractivity contribution >= 4 is 50.7 Å². The van der Waals surface area contributed by atoms with E-state index in [4.69, 9.17) is 23.2 Å². The first kappa shape index (κ1) is 14.4. The SMILES string of the molecule is Cc1cc(NC(=O)c2ccc(Cl)c(Cl)c2)ccc1Br. The van der Waals surface area contributed by atoms with Gasteiger partial charge in [0.15, 0.2) is 0 Å². The number of carbonyl (C=O) groups excluding carboxylic acids is 1. The molecule has 0 aliphatic heterocycles. The fourth-order valence-electron chi connectivity index (χ4n) is 1.56. The summed E-state index contributed by atoms with van der Waals surface area (Å²) in [5.41, 5.74) is 2.25. The van der Waals surface area contributed by atoms with E-state index < -0.39 is 0 Å². The molecule has 19 heavy (non-hydrogen) atoms. The van der Waals surface area contributed by atoms with E-state index in [1.807, 2.05) is 25.1 Å². The quantitative estimate of drug-likeness (QED) is 0.773. The fraction of sp³-hybridized carbons (Fsp3) is 0.0714. The molecule has 0 saturated heterocycles. The van der Waals surface area contributed by atoms with E-state index in [0.717, 1.165) is 15.7 Å². The van der Waals surface area contributed by atoms with E-state index in [9.17, 15) is 4.79 Å². The molecule has 0 spiro atoms. The summed E-state index contributed by atoms with van der Waals surface area (Å²) in [5.74, 6) is -0.222. The summed E-state index contributed by atoms with van der Waals surface area (Å²) in [6, 6.07) is 10.4. The minimum Gasteiger partial charge on any atom is -0.322 e. The second kappa shape index (κ2) is 5.95. The standard InChI is InChI=1S/C14H10BrCl2NO/c1-8-6-10(3-4-11(8)15)18-14(19)9-2-5-12(16)13(17)7-9/h2-7H,1H3,(H,18,19). The molecule has 0 radical (unpaired) electrons. The lowest BCUT2D eigenvalue weighted by Crippen LogP contribution is -2.11. The van der Waals surface area contributed by atoms with Crippen LogP contribution >= 0.6 is 39.1 Å². The molecule has 0 unspecified atom stereocenters. The predicted molar refractivity (Wildman–Crippen MR) is 83.3 cm³/mol. The van der Waals surface area contributed by atoms with Crippen LogP contribution in [0.25, 0.3) is 0 Å². The summed E-state index contributed by atoms with van der Waals surface area (Å²) in [6.07, 6.45) is 0. The van der Waals surface area contributed by atoms with Gasteiger partial charge in [0.2, 0.25) is 0 Å². The van der Waals surface area contributed by atoms with Crippen LogP contribution in [0.1, 0.15) is 15.9 Å². The molecule has 0 saturated carbocycles. The molecular weight excluding hydrogens is 349 g/mol. The van der Waals surface area contributed by atoms with Crippen molar-refractivity contribution in [3.8, 4) is 0 Å².